The van der Waals surface area contributed by atoms with Gasteiger partial charge in [0.25, 0.3) is 0 Å². The van der Waals surface area contributed by atoms with Gasteiger partial charge in [0.05, 0.1) is 56.6 Å². The fourth-order valence-electron chi connectivity index (χ4n) is 10.7. The van der Waals surface area contributed by atoms with E-state index in [4.69, 9.17) is 0 Å². The quantitative estimate of drug-likeness (QED) is 0.156. The van der Waals surface area contributed by atoms with Crippen molar-refractivity contribution in [1.29, 1.82) is 10.5 Å². The first-order valence-corrected chi connectivity index (χ1v) is 22.7. The van der Waals surface area contributed by atoms with Crippen LogP contribution in [0.5, 0.6) is 0 Å². The number of hydrogen-bond donors (Lipinski definition) is 0. The third-order valence-electron chi connectivity index (χ3n) is 13.7. The summed E-state index contributed by atoms with van der Waals surface area (Å²) in [7, 11) is 0. The maximum absolute atomic E-state index is 14.6. The van der Waals surface area contributed by atoms with E-state index in [0.717, 1.165) is 11.1 Å². The van der Waals surface area contributed by atoms with Crippen molar-refractivity contribution in [2.45, 2.75) is 30.1 Å². The van der Waals surface area contributed by atoms with Gasteiger partial charge in [-0.05, 0) is 153 Å². The zero-order valence-electron chi connectivity index (χ0n) is 38.1. The first-order valence-electron chi connectivity index (χ1n) is 22.7. The Morgan fingerprint density at radius 2 is 0.733 bits per heavy atom. The predicted molar refractivity (Wildman–Crippen MR) is 259 cm³/mol. The molecule has 0 fully saturated rings. The molecule has 0 unspecified atom stereocenters. The summed E-state index contributed by atoms with van der Waals surface area (Å²) in [6.07, 6.45) is -20.8. The van der Waals surface area contributed by atoms with E-state index in [-0.39, 0.29) is 46.0 Å². The summed E-state index contributed by atoms with van der Waals surface area (Å²) in [6.45, 7) is 0. The monoisotopic (exact) mass is 1020 g/mol. The minimum absolute atomic E-state index is 0.0330. The van der Waals surface area contributed by atoms with E-state index < -0.39 is 63.7 Å². The SMILES string of the molecule is N#Cc1ccc(N(c2cc(C(F)(F)F)cc(C(F)(F)F)c2)c2ccc3c(c2)C2(c4ccccc4-c4ccccc42)c2cccc4c(N(c5ccc(C#N)cc5)c5cc(C(F)(F)F)cc(C(F)(F)F)c5)ccc-3c24)cc1. The topological polar surface area (TPSA) is 54.1 Å². The van der Waals surface area contributed by atoms with Crippen LogP contribution in [0, 0.1) is 22.7 Å². The number of rotatable bonds is 6. The van der Waals surface area contributed by atoms with Gasteiger partial charge in [0, 0.05) is 33.8 Å². The third-order valence-corrected chi connectivity index (χ3v) is 13.7. The van der Waals surface area contributed by atoms with Gasteiger partial charge >= 0.3 is 24.7 Å². The van der Waals surface area contributed by atoms with Crippen LogP contribution in [-0.2, 0) is 30.1 Å². The summed E-state index contributed by atoms with van der Waals surface area (Å²) in [5.74, 6) is 0. The molecule has 16 heteroatoms. The van der Waals surface area contributed by atoms with Crippen LogP contribution in [0.2, 0.25) is 0 Å². The van der Waals surface area contributed by atoms with E-state index in [1.807, 2.05) is 66.7 Å². The second kappa shape index (κ2) is 17.0. The molecule has 0 saturated carbocycles. The zero-order valence-corrected chi connectivity index (χ0v) is 38.1. The molecule has 9 aromatic rings. The molecule has 9 aromatic carbocycles. The normalized spacial score (nSPS) is 13.4. The largest absolute Gasteiger partial charge is 0.416 e. The average Bonchev–Trinajstić information content (AvgIpc) is 3.80. The minimum Gasteiger partial charge on any atom is -0.310 e. The highest BCUT2D eigenvalue weighted by molar-refractivity contribution is 6.12. The van der Waals surface area contributed by atoms with Crippen LogP contribution < -0.4 is 9.80 Å². The van der Waals surface area contributed by atoms with Crippen molar-refractivity contribution in [3.8, 4) is 34.4 Å². The standard InChI is InChI=1S/C59H30F12N4/c60-56(61,62)35-24-36(57(63,64)65)27-42(26-35)74(39-16-12-33(31-72)13-17-39)41-20-21-46-47-22-23-53(75(40-18-14-34(32-73)15-19-40)43-28-37(58(66,67)68)25-38(29-43)59(69,70)71)48-8-5-11-51(54(47)48)55(52(46)30-41)49-9-3-1-6-44(49)45-7-2-4-10-50(45)55/h1-30H. The molecule has 0 N–H and O–H groups in total. The molecule has 370 valence electrons. The molecule has 0 atom stereocenters. The molecular formula is C59H30F12N4. The minimum atomic E-state index is -5.21. The van der Waals surface area contributed by atoms with Crippen LogP contribution in [0.15, 0.2) is 182 Å². The van der Waals surface area contributed by atoms with Crippen molar-refractivity contribution in [2.75, 3.05) is 9.80 Å². The van der Waals surface area contributed by atoms with Crippen molar-refractivity contribution >= 4 is 44.9 Å². The van der Waals surface area contributed by atoms with E-state index in [0.29, 0.717) is 68.4 Å². The van der Waals surface area contributed by atoms with Crippen molar-refractivity contribution in [3.63, 3.8) is 0 Å². The van der Waals surface area contributed by atoms with Gasteiger partial charge in [-0.1, -0.05) is 78.9 Å². The molecule has 0 bridgehead atoms. The van der Waals surface area contributed by atoms with Gasteiger partial charge in [-0.2, -0.15) is 63.2 Å². The molecule has 0 aromatic heterocycles. The van der Waals surface area contributed by atoms with Gasteiger partial charge in [-0.15, -0.1) is 0 Å². The Hall–Kier alpha value is -9.02. The number of fused-ring (bicyclic) bond motifs is 9. The number of benzene rings is 9. The Morgan fingerprint density at radius 3 is 1.20 bits per heavy atom. The fourth-order valence-corrected chi connectivity index (χ4v) is 10.7. The lowest BCUT2D eigenvalue weighted by atomic mass is 9.61. The maximum atomic E-state index is 14.6. The number of alkyl halides is 12. The summed E-state index contributed by atoms with van der Waals surface area (Å²) in [5, 5.41) is 20.2. The Balaban J connectivity index is 1.24. The predicted octanol–water partition coefficient (Wildman–Crippen LogP) is 17.9. The van der Waals surface area contributed by atoms with Crippen LogP contribution in [0.3, 0.4) is 0 Å². The molecule has 0 amide bonds. The van der Waals surface area contributed by atoms with Gasteiger partial charge in [0.2, 0.25) is 0 Å². The summed E-state index contributed by atoms with van der Waals surface area (Å²) in [6, 6.07) is 45.8. The summed E-state index contributed by atoms with van der Waals surface area (Å²) in [5.41, 5.74) is -2.63. The van der Waals surface area contributed by atoms with E-state index in [2.05, 4.69) is 0 Å². The summed E-state index contributed by atoms with van der Waals surface area (Å²) in [4.78, 5) is 2.50. The Kier molecular flexibility index (Phi) is 11.0. The highest BCUT2D eigenvalue weighted by Gasteiger charge is 2.51. The number of halogens is 12. The van der Waals surface area contributed by atoms with E-state index >= 15 is 0 Å². The molecule has 4 nitrogen and oxygen atoms in total. The van der Waals surface area contributed by atoms with Crippen LogP contribution in [-0.4, -0.2) is 0 Å². The van der Waals surface area contributed by atoms with Crippen LogP contribution >= 0.6 is 0 Å². The molecule has 2 aliphatic carbocycles. The number of nitriles is 2. The van der Waals surface area contributed by atoms with E-state index in [9.17, 15) is 63.2 Å². The second-order valence-electron chi connectivity index (χ2n) is 17.9. The van der Waals surface area contributed by atoms with Crippen molar-refractivity contribution < 1.29 is 52.7 Å². The molecule has 0 saturated heterocycles. The van der Waals surface area contributed by atoms with E-state index in [1.54, 1.807) is 36.4 Å². The summed E-state index contributed by atoms with van der Waals surface area (Å²) < 4.78 is 175. The lowest BCUT2D eigenvalue weighted by molar-refractivity contribution is -0.144. The van der Waals surface area contributed by atoms with Gasteiger partial charge in [-0.3, -0.25) is 0 Å². The van der Waals surface area contributed by atoms with Gasteiger partial charge in [-0.25, -0.2) is 0 Å². The highest BCUT2D eigenvalue weighted by Crippen LogP contribution is 2.63. The van der Waals surface area contributed by atoms with Crippen molar-refractivity contribution in [1.82, 2.24) is 0 Å². The Labute approximate surface area is 418 Å². The van der Waals surface area contributed by atoms with Crippen LogP contribution in [0.4, 0.5) is 86.8 Å². The lowest BCUT2D eigenvalue weighted by Gasteiger charge is -2.41. The van der Waals surface area contributed by atoms with E-state index in [1.165, 1.54) is 64.4 Å². The average molecular weight is 1020 g/mol. The van der Waals surface area contributed by atoms with Crippen LogP contribution in [0.1, 0.15) is 55.6 Å². The second-order valence-corrected chi connectivity index (χ2v) is 17.9. The molecule has 0 radical (unpaired) electrons. The first-order chi connectivity index (χ1) is 35.6. The maximum Gasteiger partial charge on any atom is 0.416 e. The number of hydrogen-bond acceptors (Lipinski definition) is 4. The molecule has 2 aliphatic rings. The third kappa shape index (κ3) is 7.87. The molecule has 11 rings (SSSR count). The van der Waals surface area contributed by atoms with Gasteiger partial charge < -0.3 is 9.80 Å². The molecule has 1 spiro atoms. The molecule has 0 aliphatic heterocycles. The molecule has 0 heterocycles. The van der Waals surface area contributed by atoms with Gasteiger partial charge in [0.1, 0.15) is 0 Å². The van der Waals surface area contributed by atoms with Gasteiger partial charge in [0.15, 0.2) is 0 Å². The summed E-state index contributed by atoms with van der Waals surface area (Å²) >= 11 is 0. The number of anilines is 6. The number of nitrogens with zero attached hydrogens (tertiary/aromatic N) is 4. The Morgan fingerprint density at radius 1 is 0.333 bits per heavy atom. The molecular weight excluding hydrogens is 993 g/mol. The molecule has 75 heavy (non-hydrogen) atoms. The van der Waals surface area contributed by atoms with Crippen molar-refractivity contribution in [3.05, 3.63) is 238 Å². The lowest BCUT2D eigenvalue weighted by Crippen LogP contribution is -2.32. The first kappa shape index (κ1) is 48.3. The van der Waals surface area contributed by atoms with Crippen LogP contribution in [0.25, 0.3) is 33.0 Å². The highest BCUT2D eigenvalue weighted by atomic mass is 19.4. The van der Waals surface area contributed by atoms with Crippen molar-refractivity contribution in [2.24, 2.45) is 0 Å². The zero-order chi connectivity index (χ0) is 53.0. The smallest absolute Gasteiger partial charge is 0.310 e. The fraction of sp³-hybridized carbons (Fsp3) is 0.0847. The Bertz CT molecular complexity index is 3770.